The van der Waals surface area contributed by atoms with Crippen molar-refractivity contribution in [3.8, 4) is 11.3 Å². The first-order chi connectivity index (χ1) is 11.1. The Kier molecular flexibility index (Phi) is 4.12. The minimum absolute atomic E-state index is 0.265. The molecule has 6 heteroatoms. The third kappa shape index (κ3) is 3.10. The van der Waals surface area contributed by atoms with Crippen LogP contribution in [0.4, 0.5) is 10.1 Å². The van der Waals surface area contributed by atoms with E-state index in [2.05, 4.69) is 10.2 Å². The van der Waals surface area contributed by atoms with Crippen LogP contribution in [0.3, 0.4) is 0 Å². The van der Waals surface area contributed by atoms with E-state index in [1.165, 1.54) is 17.0 Å². The van der Waals surface area contributed by atoms with Crippen molar-refractivity contribution in [3.05, 3.63) is 71.1 Å². The second-order valence-corrected chi connectivity index (χ2v) is 5.40. The van der Waals surface area contributed by atoms with Gasteiger partial charge >= 0.3 is 0 Å². The van der Waals surface area contributed by atoms with Crippen molar-refractivity contribution in [1.82, 2.24) is 10.2 Å². The molecule has 2 aromatic carbocycles. The lowest BCUT2D eigenvalue weighted by molar-refractivity contribution is 0.0988. The van der Waals surface area contributed by atoms with Crippen molar-refractivity contribution < 1.29 is 9.18 Å². The van der Waals surface area contributed by atoms with Crippen LogP contribution in [0.25, 0.3) is 11.3 Å². The molecule has 1 N–H and O–H groups in total. The summed E-state index contributed by atoms with van der Waals surface area (Å²) >= 11 is 6.11. The molecule has 23 heavy (non-hydrogen) atoms. The van der Waals surface area contributed by atoms with Gasteiger partial charge in [0.2, 0.25) is 0 Å². The van der Waals surface area contributed by atoms with Crippen LogP contribution >= 0.6 is 11.6 Å². The molecule has 0 saturated heterocycles. The van der Waals surface area contributed by atoms with Gasteiger partial charge in [-0.1, -0.05) is 23.7 Å². The minimum Gasteiger partial charge on any atom is -0.309 e. The van der Waals surface area contributed by atoms with E-state index in [0.717, 1.165) is 5.56 Å². The van der Waals surface area contributed by atoms with Crippen molar-refractivity contribution in [3.63, 3.8) is 0 Å². The fraction of sp³-hybridized carbons (Fsp3) is 0.0588. The molecule has 0 saturated carbocycles. The molecule has 116 valence electrons. The van der Waals surface area contributed by atoms with Gasteiger partial charge in [-0.25, -0.2) is 4.39 Å². The highest BCUT2D eigenvalue weighted by Crippen LogP contribution is 2.26. The van der Waals surface area contributed by atoms with E-state index >= 15 is 0 Å². The number of benzene rings is 2. The van der Waals surface area contributed by atoms with Gasteiger partial charge in [-0.3, -0.25) is 9.89 Å². The van der Waals surface area contributed by atoms with Crippen LogP contribution in [0.1, 0.15) is 10.5 Å². The van der Waals surface area contributed by atoms with Gasteiger partial charge in [0.1, 0.15) is 11.5 Å². The van der Waals surface area contributed by atoms with Gasteiger partial charge in [0.25, 0.3) is 5.91 Å². The Balaban J connectivity index is 1.86. The zero-order chi connectivity index (χ0) is 16.4. The maximum Gasteiger partial charge on any atom is 0.276 e. The summed E-state index contributed by atoms with van der Waals surface area (Å²) < 4.78 is 13.0. The topological polar surface area (TPSA) is 49.0 Å². The van der Waals surface area contributed by atoms with E-state index in [1.54, 1.807) is 43.4 Å². The fourth-order valence-corrected chi connectivity index (χ4v) is 2.48. The molecule has 1 amide bonds. The summed E-state index contributed by atoms with van der Waals surface area (Å²) in [6, 6.07) is 14.6. The number of rotatable bonds is 3. The van der Waals surface area contributed by atoms with Crippen LogP contribution in [0.2, 0.25) is 5.02 Å². The lowest BCUT2D eigenvalue weighted by Crippen LogP contribution is -2.26. The average Bonchev–Trinajstić information content (AvgIpc) is 3.04. The van der Waals surface area contributed by atoms with Crippen molar-refractivity contribution in [2.24, 2.45) is 0 Å². The van der Waals surface area contributed by atoms with Crippen LogP contribution in [-0.4, -0.2) is 23.2 Å². The number of H-pyrrole nitrogens is 1. The molecule has 0 aliphatic rings. The molecule has 4 nitrogen and oxygen atoms in total. The number of amides is 1. The van der Waals surface area contributed by atoms with Crippen LogP contribution in [0, 0.1) is 5.82 Å². The second kappa shape index (κ2) is 6.22. The molecule has 1 heterocycles. The molecule has 3 aromatic rings. The number of halogens is 2. The molecule has 1 aromatic heterocycles. The Hall–Kier alpha value is -2.66. The molecule has 3 rings (SSSR count). The van der Waals surface area contributed by atoms with Gasteiger partial charge in [0.15, 0.2) is 0 Å². The molecular weight excluding hydrogens is 317 g/mol. The van der Waals surface area contributed by atoms with E-state index in [-0.39, 0.29) is 11.7 Å². The number of aromatic amines is 1. The maximum absolute atomic E-state index is 13.0. The second-order valence-electron chi connectivity index (χ2n) is 4.99. The third-order valence-electron chi connectivity index (χ3n) is 3.47. The highest BCUT2D eigenvalue weighted by atomic mass is 35.5. The first-order valence-electron chi connectivity index (χ1n) is 6.90. The molecular formula is C17H13ClFN3O. The summed E-state index contributed by atoms with van der Waals surface area (Å²) in [6.07, 6.45) is 0. The maximum atomic E-state index is 13.0. The summed E-state index contributed by atoms with van der Waals surface area (Å²) in [7, 11) is 1.64. The van der Waals surface area contributed by atoms with E-state index in [9.17, 15) is 9.18 Å². The van der Waals surface area contributed by atoms with E-state index in [4.69, 9.17) is 11.6 Å². The number of hydrogen-bond donors (Lipinski definition) is 1. The number of aromatic nitrogens is 2. The Labute approximate surface area is 137 Å². The third-order valence-corrected chi connectivity index (χ3v) is 3.79. The van der Waals surface area contributed by atoms with Gasteiger partial charge in [-0.15, -0.1) is 0 Å². The van der Waals surface area contributed by atoms with Crippen LogP contribution < -0.4 is 4.90 Å². The van der Waals surface area contributed by atoms with Gasteiger partial charge in [0, 0.05) is 12.6 Å². The quantitative estimate of drug-likeness (QED) is 0.785. The number of para-hydroxylation sites is 1. The van der Waals surface area contributed by atoms with Crippen molar-refractivity contribution in [1.29, 1.82) is 0 Å². The number of nitrogens with one attached hydrogen (secondary N) is 1. The number of carbonyl (C=O) groups excluding carboxylic acids is 1. The van der Waals surface area contributed by atoms with E-state index in [0.29, 0.717) is 22.1 Å². The predicted molar refractivity (Wildman–Crippen MR) is 88.2 cm³/mol. The summed E-state index contributed by atoms with van der Waals surface area (Å²) in [4.78, 5) is 14.0. The molecule has 0 aliphatic carbocycles. The first-order valence-corrected chi connectivity index (χ1v) is 7.28. The molecule has 0 atom stereocenters. The number of hydrogen-bond acceptors (Lipinski definition) is 2. The lowest BCUT2D eigenvalue weighted by atomic mass is 10.1. The zero-order valence-corrected chi connectivity index (χ0v) is 13.0. The van der Waals surface area contributed by atoms with Crippen molar-refractivity contribution in [2.75, 3.05) is 11.9 Å². The van der Waals surface area contributed by atoms with Crippen LogP contribution in [0.15, 0.2) is 54.6 Å². The zero-order valence-electron chi connectivity index (χ0n) is 12.3. The lowest BCUT2D eigenvalue weighted by Gasteiger charge is -2.17. The Morgan fingerprint density at radius 2 is 1.87 bits per heavy atom. The van der Waals surface area contributed by atoms with Gasteiger partial charge in [-0.2, -0.15) is 5.10 Å². The number of anilines is 1. The fourth-order valence-electron chi connectivity index (χ4n) is 2.21. The smallest absolute Gasteiger partial charge is 0.276 e. The van der Waals surface area contributed by atoms with Crippen LogP contribution in [0.5, 0.6) is 0 Å². The molecule has 0 spiro atoms. The molecule has 0 fully saturated rings. The van der Waals surface area contributed by atoms with E-state index < -0.39 is 0 Å². The highest BCUT2D eigenvalue weighted by molar-refractivity contribution is 6.34. The molecule has 0 bridgehead atoms. The summed E-state index contributed by atoms with van der Waals surface area (Å²) in [5.41, 5.74) is 2.23. The van der Waals surface area contributed by atoms with Gasteiger partial charge < -0.3 is 4.90 Å². The molecule has 0 aliphatic heterocycles. The monoisotopic (exact) mass is 329 g/mol. The molecule has 0 unspecified atom stereocenters. The van der Waals surface area contributed by atoms with E-state index in [1.807, 2.05) is 6.07 Å². The van der Waals surface area contributed by atoms with Crippen LogP contribution in [-0.2, 0) is 0 Å². The highest BCUT2D eigenvalue weighted by Gasteiger charge is 2.18. The minimum atomic E-state index is -0.320. The average molecular weight is 330 g/mol. The SMILES string of the molecule is CN(C(=O)c1cc(-c2ccc(F)cc2)n[nH]1)c1ccccc1Cl. The Morgan fingerprint density at radius 3 is 2.57 bits per heavy atom. The first kappa shape index (κ1) is 15.2. The van der Waals surface area contributed by atoms with Gasteiger partial charge in [0.05, 0.1) is 16.4 Å². The van der Waals surface area contributed by atoms with Gasteiger partial charge in [-0.05, 0) is 42.5 Å². The Morgan fingerprint density at radius 1 is 1.17 bits per heavy atom. The standard InChI is InChI=1S/C17H13ClFN3O/c1-22(16-5-3-2-4-13(16)18)17(23)15-10-14(20-21-15)11-6-8-12(19)9-7-11/h2-10H,1H3,(H,20,21). The Bertz CT molecular complexity index is 845. The van der Waals surface area contributed by atoms with Crippen molar-refractivity contribution >= 4 is 23.2 Å². The van der Waals surface area contributed by atoms with Crippen molar-refractivity contribution in [2.45, 2.75) is 0 Å². The number of nitrogens with zero attached hydrogens (tertiary/aromatic N) is 2. The predicted octanol–water partition coefficient (Wildman–Crippen LogP) is 4.15. The summed E-state index contributed by atoms with van der Waals surface area (Å²) in [6.45, 7) is 0. The molecule has 0 radical (unpaired) electrons. The summed E-state index contributed by atoms with van der Waals surface area (Å²) in [5, 5.41) is 7.31. The number of carbonyl (C=O) groups is 1. The summed E-state index contributed by atoms with van der Waals surface area (Å²) in [5.74, 6) is -0.585. The normalized spacial score (nSPS) is 10.6. The largest absolute Gasteiger partial charge is 0.309 e.